The fraction of sp³-hybridized carbons (Fsp3) is 0.462. The van der Waals surface area contributed by atoms with Gasteiger partial charge in [-0.3, -0.25) is 0 Å². The maximum absolute atomic E-state index is 13.8. The van der Waals surface area contributed by atoms with E-state index in [4.69, 9.17) is 4.74 Å². The molecule has 0 bridgehead atoms. The minimum absolute atomic E-state index is 0.0470. The van der Waals surface area contributed by atoms with Gasteiger partial charge < -0.3 is 14.5 Å². The Bertz CT molecular complexity index is 464. The zero-order valence-corrected chi connectivity index (χ0v) is 10.8. The van der Waals surface area contributed by atoms with Gasteiger partial charge >= 0.3 is 6.03 Å². The zero-order chi connectivity index (χ0) is 13.3. The first-order valence-electron chi connectivity index (χ1n) is 5.94. The van der Waals surface area contributed by atoms with Gasteiger partial charge in [0, 0.05) is 20.6 Å². The van der Waals surface area contributed by atoms with Crippen LogP contribution < -0.4 is 4.74 Å². The number of carbonyl (C=O) groups excluding carboxylic acids is 1. The number of rotatable bonds is 3. The highest BCUT2D eigenvalue weighted by atomic mass is 19.1. The number of amides is 2. The Labute approximate surface area is 106 Å². The van der Waals surface area contributed by atoms with Crippen molar-refractivity contribution in [2.24, 2.45) is 0 Å². The van der Waals surface area contributed by atoms with Crippen LogP contribution in [0.25, 0.3) is 0 Å². The van der Waals surface area contributed by atoms with Crippen LogP contribution in [0.4, 0.5) is 9.18 Å². The number of halogens is 1. The molecule has 1 aliphatic heterocycles. The molecule has 4 nitrogen and oxygen atoms in total. The normalized spacial score (nSPS) is 19.6. The third-order valence-electron chi connectivity index (χ3n) is 3.18. The standard InChI is InChI=1S/C13H17FN2O2/c1-4-18-12-6-5-9(7-10(12)14)11-8-15(2)13(17)16(11)3/h5-7,11H,4,8H2,1-3H3. The average molecular weight is 252 g/mol. The Morgan fingerprint density at radius 2 is 2.17 bits per heavy atom. The number of benzene rings is 1. The monoisotopic (exact) mass is 252 g/mol. The molecule has 5 heteroatoms. The molecule has 0 aromatic heterocycles. The Kier molecular flexibility index (Phi) is 3.41. The average Bonchev–Trinajstić information content (AvgIpc) is 2.60. The summed E-state index contributed by atoms with van der Waals surface area (Å²) in [7, 11) is 3.47. The zero-order valence-electron chi connectivity index (χ0n) is 10.8. The van der Waals surface area contributed by atoms with Gasteiger partial charge in [0.25, 0.3) is 0 Å². The highest BCUT2D eigenvalue weighted by Crippen LogP contribution is 2.29. The Balaban J connectivity index is 2.25. The fourth-order valence-corrected chi connectivity index (χ4v) is 2.19. The summed E-state index contributed by atoms with van der Waals surface area (Å²) in [5.41, 5.74) is 0.788. The number of hydrogen-bond donors (Lipinski definition) is 0. The van der Waals surface area contributed by atoms with E-state index in [1.54, 1.807) is 30.0 Å². The number of urea groups is 1. The van der Waals surface area contributed by atoms with Gasteiger partial charge in [-0.1, -0.05) is 6.07 Å². The molecular weight excluding hydrogens is 235 g/mol. The molecule has 1 aromatic carbocycles. The molecule has 18 heavy (non-hydrogen) atoms. The lowest BCUT2D eigenvalue weighted by atomic mass is 10.1. The second-order valence-corrected chi connectivity index (χ2v) is 4.41. The summed E-state index contributed by atoms with van der Waals surface area (Å²) >= 11 is 0. The SMILES string of the molecule is CCOc1ccc(C2CN(C)C(=O)N2C)cc1F. The van der Waals surface area contributed by atoms with Gasteiger partial charge in [0.15, 0.2) is 11.6 Å². The van der Waals surface area contributed by atoms with Gasteiger partial charge in [-0.25, -0.2) is 9.18 Å². The molecule has 1 unspecified atom stereocenters. The van der Waals surface area contributed by atoms with Crippen LogP contribution in [0.15, 0.2) is 18.2 Å². The topological polar surface area (TPSA) is 32.8 Å². The minimum Gasteiger partial charge on any atom is -0.491 e. The van der Waals surface area contributed by atoms with E-state index in [2.05, 4.69) is 0 Å². The maximum Gasteiger partial charge on any atom is 0.320 e. The van der Waals surface area contributed by atoms with Crippen molar-refractivity contribution in [1.29, 1.82) is 0 Å². The van der Waals surface area contributed by atoms with Gasteiger partial charge in [0.05, 0.1) is 12.6 Å². The molecule has 1 fully saturated rings. The predicted molar refractivity (Wildman–Crippen MR) is 66.1 cm³/mol. The van der Waals surface area contributed by atoms with Gasteiger partial charge in [0.2, 0.25) is 0 Å². The Hall–Kier alpha value is -1.78. The molecule has 1 heterocycles. The lowest BCUT2D eigenvalue weighted by Gasteiger charge is -2.18. The summed E-state index contributed by atoms with van der Waals surface area (Å²) in [6.45, 7) is 2.81. The molecular formula is C13H17FN2O2. The molecule has 0 radical (unpaired) electrons. The molecule has 98 valence electrons. The van der Waals surface area contributed by atoms with Crippen molar-refractivity contribution in [3.8, 4) is 5.75 Å². The van der Waals surface area contributed by atoms with E-state index in [0.717, 1.165) is 5.56 Å². The summed E-state index contributed by atoms with van der Waals surface area (Å²) in [4.78, 5) is 14.9. The molecule has 0 N–H and O–H groups in total. The first kappa shape index (κ1) is 12.7. The molecule has 0 aliphatic carbocycles. The summed E-state index contributed by atoms with van der Waals surface area (Å²) in [6.07, 6.45) is 0. The van der Waals surface area contributed by atoms with Crippen LogP contribution in [-0.4, -0.2) is 43.1 Å². The second-order valence-electron chi connectivity index (χ2n) is 4.41. The maximum atomic E-state index is 13.8. The van der Waals surface area contributed by atoms with Gasteiger partial charge in [-0.15, -0.1) is 0 Å². The van der Waals surface area contributed by atoms with Crippen LogP contribution in [0.1, 0.15) is 18.5 Å². The van der Waals surface area contributed by atoms with Gasteiger partial charge in [-0.05, 0) is 24.6 Å². The molecule has 1 atom stereocenters. The van der Waals surface area contributed by atoms with E-state index in [-0.39, 0.29) is 23.6 Å². The number of ether oxygens (including phenoxy) is 1. The van der Waals surface area contributed by atoms with Crippen LogP contribution in [0, 0.1) is 5.82 Å². The number of likely N-dealkylation sites (N-methyl/N-ethyl adjacent to an activating group) is 2. The first-order chi connectivity index (χ1) is 8.54. The Morgan fingerprint density at radius 3 is 2.67 bits per heavy atom. The molecule has 2 rings (SSSR count). The Morgan fingerprint density at radius 1 is 1.44 bits per heavy atom. The molecule has 1 saturated heterocycles. The molecule has 1 aromatic rings. The smallest absolute Gasteiger partial charge is 0.320 e. The van der Waals surface area contributed by atoms with Gasteiger partial charge in [0.1, 0.15) is 0 Å². The summed E-state index contributed by atoms with van der Waals surface area (Å²) < 4.78 is 18.9. The number of nitrogens with zero attached hydrogens (tertiary/aromatic N) is 2. The predicted octanol–water partition coefficient (Wildman–Crippen LogP) is 2.26. The van der Waals surface area contributed by atoms with Crippen molar-refractivity contribution in [3.05, 3.63) is 29.6 Å². The van der Waals surface area contributed by atoms with E-state index in [1.807, 2.05) is 13.0 Å². The van der Waals surface area contributed by atoms with E-state index < -0.39 is 0 Å². The van der Waals surface area contributed by atoms with E-state index in [0.29, 0.717) is 13.2 Å². The third kappa shape index (κ3) is 2.12. The summed E-state index contributed by atoms with van der Waals surface area (Å²) in [5.74, 6) is -0.133. The van der Waals surface area contributed by atoms with Gasteiger partial charge in [-0.2, -0.15) is 0 Å². The highest BCUT2D eigenvalue weighted by Gasteiger charge is 2.33. The van der Waals surface area contributed by atoms with Crippen LogP contribution >= 0.6 is 0 Å². The number of hydrogen-bond acceptors (Lipinski definition) is 2. The van der Waals surface area contributed by atoms with Crippen LogP contribution in [0.3, 0.4) is 0 Å². The van der Waals surface area contributed by atoms with Crippen molar-refractivity contribution < 1.29 is 13.9 Å². The van der Waals surface area contributed by atoms with E-state index >= 15 is 0 Å². The van der Waals surface area contributed by atoms with Crippen molar-refractivity contribution in [3.63, 3.8) is 0 Å². The summed E-state index contributed by atoms with van der Waals surface area (Å²) in [6, 6.07) is 4.72. The lowest BCUT2D eigenvalue weighted by Crippen LogP contribution is -2.26. The lowest BCUT2D eigenvalue weighted by molar-refractivity contribution is 0.201. The molecule has 0 saturated carbocycles. The number of carbonyl (C=O) groups is 1. The van der Waals surface area contributed by atoms with Crippen LogP contribution in [-0.2, 0) is 0 Å². The fourth-order valence-electron chi connectivity index (χ4n) is 2.19. The largest absolute Gasteiger partial charge is 0.491 e. The minimum atomic E-state index is -0.384. The van der Waals surface area contributed by atoms with E-state index in [1.165, 1.54) is 6.07 Å². The molecule has 0 spiro atoms. The second kappa shape index (κ2) is 4.84. The highest BCUT2D eigenvalue weighted by molar-refractivity contribution is 5.76. The van der Waals surface area contributed by atoms with Crippen molar-refractivity contribution in [1.82, 2.24) is 9.80 Å². The molecule has 2 amide bonds. The first-order valence-corrected chi connectivity index (χ1v) is 5.94. The summed E-state index contributed by atoms with van der Waals surface area (Å²) in [5, 5.41) is 0. The molecule has 1 aliphatic rings. The van der Waals surface area contributed by atoms with Crippen molar-refractivity contribution in [2.75, 3.05) is 27.2 Å². The van der Waals surface area contributed by atoms with Crippen molar-refractivity contribution in [2.45, 2.75) is 13.0 Å². The quantitative estimate of drug-likeness (QED) is 0.826. The third-order valence-corrected chi connectivity index (χ3v) is 3.18. The van der Waals surface area contributed by atoms with Crippen LogP contribution in [0.2, 0.25) is 0 Å². The van der Waals surface area contributed by atoms with E-state index in [9.17, 15) is 9.18 Å². The van der Waals surface area contributed by atoms with Crippen LogP contribution in [0.5, 0.6) is 5.75 Å². The van der Waals surface area contributed by atoms with Crippen molar-refractivity contribution >= 4 is 6.03 Å².